The van der Waals surface area contributed by atoms with E-state index in [1.807, 2.05) is 17.6 Å². The van der Waals surface area contributed by atoms with Gasteiger partial charge >= 0.3 is 0 Å². The quantitative estimate of drug-likeness (QED) is 0.837. The minimum atomic E-state index is 0.406. The molecular weight excluding hydrogens is 200 g/mol. The van der Waals surface area contributed by atoms with Crippen LogP contribution in [0, 0.1) is 12.3 Å². The van der Waals surface area contributed by atoms with Gasteiger partial charge in [-0.1, -0.05) is 13.8 Å². The molecule has 0 radical (unpaired) electrons. The van der Waals surface area contributed by atoms with E-state index in [2.05, 4.69) is 35.3 Å². The van der Waals surface area contributed by atoms with Crippen LogP contribution < -0.4 is 5.32 Å². The van der Waals surface area contributed by atoms with Gasteiger partial charge in [-0.25, -0.2) is 9.50 Å². The van der Waals surface area contributed by atoms with Crippen molar-refractivity contribution in [1.82, 2.24) is 14.6 Å². The van der Waals surface area contributed by atoms with Crippen LogP contribution in [0.4, 0.5) is 5.82 Å². The summed E-state index contributed by atoms with van der Waals surface area (Å²) < 4.78 is 1.88. The van der Waals surface area contributed by atoms with Crippen molar-refractivity contribution in [3.63, 3.8) is 0 Å². The van der Waals surface area contributed by atoms with Crippen LogP contribution in [-0.2, 0) is 0 Å². The van der Waals surface area contributed by atoms with E-state index in [4.69, 9.17) is 0 Å². The fourth-order valence-electron chi connectivity index (χ4n) is 2.03. The lowest BCUT2D eigenvalue weighted by atomic mass is 10.2. The maximum absolute atomic E-state index is 4.39. The molecule has 0 aliphatic heterocycles. The topological polar surface area (TPSA) is 42.2 Å². The molecule has 16 heavy (non-hydrogen) atoms. The van der Waals surface area contributed by atoms with Crippen LogP contribution in [0.5, 0.6) is 0 Å². The van der Waals surface area contributed by atoms with Gasteiger partial charge in [0.1, 0.15) is 5.52 Å². The molecule has 0 bridgehead atoms. The van der Waals surface area contributed by atoms with Gasteiger partial charge in [-0.05, 0) is 24.8 Å². The highest BCUT2D eigenvalue weighted by Crippen LogP contribution is 2.46. The van der Waals surface area contributed by atoms with Crippen molar-refractivity contribution in [2.45, 2.75) is 33.2 Å². The first-order valence-corrected chi connectivity index (χ1v) is 5.64. The summed E-state index contributed by atoms with van der Waals surface area (Å²) >= 11 is 0. The second-order valence-electron chi connectivity index (χ2n) is 5.28. The average molecular weight is 216 g/mol. The molecule has 84 valence electrons. The van der Waals surface area contributed by atoms with Crippen molar-refractivity contribution in [2.24, 2.45) is 5.41 Å². The zero-order valence-corrected chi connectivity index (χ0v) is 9.86. The van der Waals surface area contributed by atoms with Crippen LogP contribution in [0.3, 0.4) is 0 Å². The first-order chi connectivity index (χ1) is 7.56. The SMILES string of the molecule is Cc1cc2c(NC3CC3(C)C)nccn2n1. The number of anilines is 1. The maximum atomic E-state index is 4.39. The van der Waals surface area contributed by atoms with Gasteiger partial charge in [0.05, 0.1) is 5.69 Å². The van der Waals surface area contributed by atoms with Crippen molar-refractivity contribution in [3.05, 3.63) is 24.2 Å². The minimum absolute atomic E-state index is 0.406. The lowest BCUT2D eigenvalue weighted by Crippen LogP contribution is -2.10. The second-order valence-corrected chi connectivity index (χ2v) is 5.28. The smallest absolute Gasteiger partial charge is 0.152 e. The Balaban J connectivity index is 1.97. The van der Waals surface area contributed by atoms with Gasteiger partial charge in [0.25, 0.3) is 0 Å². The Labute approximate surface area is 94.7 Å². The Morgan fingerprint density at radius 2 is 2.25 bits per heavy atom. The summed E-state index contributed by atoms with van der Waals surface area (Å²) in [5.74, 6) is 0.943. The summed E-state index contributed by atoms with van der Waals surface area (Å²) in [5.41, 5.74) is 2.48. The Bertz CT molecular complexity index is 541. The molecule has 3 rings (SSSR count). The molecule has 2 aromatic heterocycles. The number of fused-ring (bicyclic) bond motifs is 1. The lowest BCUT2D eigenvalue weighted by Gasteiger charge is -2.08. The third-order valence-electron chi connectivity index (χ3n) is 3.34. The van der Waals surface area contributed by atoms with E-state index in [0.717, 1.165) is 17.0 Å². The number of hydrogen-bond acceptors (Lipinski definition) is 3. The molecule has 2 heterocycles. The van der Waals surface area contributed by atoms with E-state index in [9.17, 15) is 0 Å². The predicted octanol–water partition coefficient (Wildman–Crippen LogP) is 2.25. The van der Waals surface area contributed by atoms with Crippen LogP contribution in [0.1, 0.15) is 26.0 Å². The third-order valence-corrected chi connectivity index (χ3v) is 3.34. The number of aryl methyl sites for hydroxylation is 1. The zero-order valence-electron chi connectivity index (χ0n) is 9.86. The molecule has 1 saturated carbocycles. The van der Waals surface area contributed by atoms with Gasteiger partial charge in [-0.3, -0.25) is 0 Å². The first kappa shape index (κ1) is 9.63. The van der Waals surface area contributed by atoms with E-state index < -0.39 is 0 Å². The van der Waals surface area contributed by atoms with E-state index >= 15 is 0 Å². The van der Waals surface area contributed by atoms with Gasteiger partial charge in [-0.2, -0.15) is 5.10 Å². The molecule has 0 amide bonds. The Kier molecular flexibility index (Phi) is 1.79. The molecule has 4 nitrogen and oxygen atoms in total. The molecule has 1 aliphatic rings. The van der Waals surface area contributed by atoms with E-state index in [1.165, 1.54) is 6.42 Å². The highest BCUT2D eigenvalue weighted by Gasteiger charge is 2.46. The van der Waals surface area contributed by atoms with Gasteiger partial charge in [0.2, 0.25) is 0 Å². The molecule has 4 heteroatoms. The molecular formula is C12H16N4. The lowest BCUT2D eigenvalue weighted by molar-refractivity contribution is 0.630. The predicted molar refractivity (Wildman–Crippen MR) is 63.5 cm³/mol. The molecule has 2 aromatic rings. The summed E-state index contributed by atoms with van der Waals surface area (Å²) in [6.07, 6.45) is 4.88. The largest absolute Gasteiger partial charge is 0.365 e. The van der Waals surface area contributed by atoms with Crippen molar-refractivity contribution in [3.8, 4) is 0 Å². The van der Waals surface area contributed by atoms with Gasteiger partial charge in [0, 0.05) is 18.4 Å². The van der Waals surface area contributed by atoms with Crippen molar-refractivity contribution in [1.29, 1.82) is 0 Å². The van der Waals surface area contributed by atoms with Crippen molar-refractivity contribution < 1.29 is 0 Å². The number of nitrogens with one attached hydrogen (secondary N) is 1. The summed E-state index contributed by atoms with van der Waals surface area (Å²) in [5, 5.41) is 7.87. The third kappa shape index (κ3) is 1.45. The van der Waals surface area contributed by atoms with Gasteiger partial charge in [0.15, 0.2) is 5.82 Å². The highest BCUT2D eigenvalue weighted by molar-refractivity contribution is 5.68. The molecule has 0 aromatic carbocycles. The van der Waals surface area contributed by atoms with Crippen LogP contribution in [0.25, 0.3) is 5.52 Å². The number of rotatable bonds is 2. The molecule has 1 N–H and O–H groups in total. The molecule has 0 saturated heterocycles. The number of nitrogens with zero attached hydrogens (tertiary/aromatic N) is 3. The van der Waals surface area contributed by atoms with Crippen LogP contribution in [0.2, 0.25) is 0 Å². The van der Waals surface area contributed by atoms with Crippen LogP contribution >= 0.6 is 0 Å². The Morgan fingerprint density at radius 3 is 2.94 bits per heavy atom. The second kappa shape index (κ2) is 2.97. The van der Waals surface area contributed by atoms with Gasteiger partial charge in [-0.15, -0.1) is 0 Å². The Morgan fingerprint density at radius 1 is 1.50 bits per heavy atom. The van der Waals surface area contributed by atoms with Crippen molar-refractivity contribution in [2.75, 3.05) is 5.32 Å². The number of hydrogen-bond donors (Lipinski definition) is 1. The van der Waals surface area contributed by atoms with Crippen molar-refractivity contribution >= 4 is 11.3 Å². The van der Waals surface area contributed by atoms with Gasteiger partial charge < -0.3 is 5.32 Å². The van der Waals surface area contributed by atoms with E-state index in [1.54, 1.807) is 6.20 Å². The van der Waals surface area contributed by atoms with E-state index in [0.29, 0.717) is 11.5 Å². The summed E-state index contributed by atoms with van der Waals surface area (Å²) in [7, 11) is 0. The monoisotopic (exact) mass is 216 g/mol. The standard InChI is InChI=1S/C12H16N4/c1-8-6-9-11(13-4-5-16(9)15-8)14-10-7-12(10,2)3/h4-6,10H,7H2,1-3H3,(H,13,14). The molecule has 1 atom stereocenters. The number of aromatic nitrogens is 3. The zero-order chi connectivity index (χ0) is 11.3. The molecule has 1 unspecified atom stereocenters. The molecule has 1 aliphatic carbocycles. The maximum Gasteiger partial charge on any atom is 0.152 e. The van der Waals surface area contributed by atoms with E-state index in [-0.39, 0.29) is 0 Å². The average Bonchev–Trinajstić information content (AvgIpc) is 2.64. The summed E-state index contributed by atoms with van der Waals surface area (Å²) in [6.45, 7) is 6.54. The minimum Gasteiger partial charge on any atom is -0.365 e. The van der Waals surface area contributed by atoms with Crippen LogP contribution in [0.15, 0.2) is 18.5 Å². The first-order valence-electron chi connectivity index (χ1n) is 5.64. The fourth-order valence-corrected chi connectivity index (χ4v) is 2.03. The van der Waals surface area contributed by atoms with Crippen LogP contribution in [-0.4, -0.2) is 20.6 Å². The summed E-state index contributed by atoms with van der Waals surface area (Å²) in [6, 6.07) is 2.60. The Hall–Kier alpha value is -1.58. The fraction of sp³-hybridized carbons (Fsp3) is 0.500. The summed E-state index contributed by atoms with van der Waals surface area (Å²) in [4.78, 5) is 4.39. The normalized spacial score (nSPS) is 22.3. The molecule has 1 fully saturated rings. The molecule has 0 spiro atoms. The highest BCUT2D eigenvalue weighted by atomic mass is 15.2.